The molecule has 0 bridgehead atoms. The topological polar surface area (TPSA) is 26.3 Å². The van der Waals surface area contributed by atoms with Crippen molar-refractivity contribution < 1.29 is 9.53 Å². The van der Waals surface area contributed by atoms with E-state index in [1.54, 1.807) is 11.8 Å². The van der Waals surface area contributed by atoms with Crippen LogP contribution in [0.1, 0.15) is 20.8 Å². The van der Waals surface area contributed by atoms with Crippen molar-refractivity contribution in [1.82, 2.24) is 0 Å². The highest BCUT2D eigenvalue weighted by Gasteiger charge is 2.16. The first-order valence-corrected chi connectivity index (χ1v) is 4.39. The highest BCUT2D eigenvalue weighted by molar-refractivity contribution is 7.99. The maximum atomic E-state index is 10.4. The summed E-state index contributed by atoms with van der Waals surface area (Å²) in [5.41, 5.74) is 0. The van der Waals surface area contributed by atoms with Gasteiger partial charge in [-0.25, -0.2) is 0 Å². The number of carbonyl (C=O) groups excluding carboxylic acids is 1. The summed E-state index contributed by atoms with van der Waals surface area (Å²) in [6.45, 7) is 6.00. The van der Waals surface area contributed by atoms with Crippen molar-refractivity contribution >= 4 is 17.7 Å². The van der Waals surface area contributed by atoms with Crippen LogP contribution in [0.2, 0.25) is 0 Å². The van der Waals surface area contributed by atoms with Crippen LogP contribution in [0.25, 0.3) is 0 Å². The van der Waals surface area contributed by atoms with Crippen molar-refractivity contribution in [2.75, 3.05) is 12.9 Å². The second-order valence-electron chi connectivity index (χ2n) is 2.74. The number of hydrogen-bond acceptors (Lipinski definition) is 3. The monoisotopic (exact) mass is 162 g/mol. The van der Waals surface area contributed by atoms with Gasteiger partial charge >= 0.3 is 5.97 Å². The van der Waals surface area contributed by atoms with Gasteiger partial charge in [-0.1, -0.05) is 0 Å². The van der Waals surface area contributed by atoms with Crippen LogP contribution in [-0.2, 0) is 9.53 Å². The first-order chi connectivity index (χ1) is 4.48. The molecule has 0 saturated heterocycles. The van der Waals surface area contributed by atoms with Gasteiger partial charge in [0, 0.05) is 11.7 Å². The molecule has 0 heterocycles. The van der Waals surface area contributed by atoms with E-state index in [0.29, 0.717) is 6.61 Å². The van der Waals surface area contributed by atoms with E-state index in [0.717, 1.165) is 0 Å². The lowest BCUT2D eigenvalue weighted by Gasteiger charge is -2.20. The molecule has 0 spiro atoms. The van der Waals surface area contributed by atoms with Crippen LogP contribution in [0.15, 0.2) is 0 Å². The largest absolute Gasteiger partial charge is 0.464 e. The Morgan fingerprint density at radius 1 is 1.60 bits per heavy atom. The molecule has 0 unspecified atom stereocenters. The third-order valence-electron chi connectivity index (χ3n) is 1.18. The molecule has 0 aliphatic rings. The fraction of sp³-hybridized carbons (Fsp3) is 0.857. The van der Waals surface area contributed by atoms with E-state index in [2.05, 4.69) is 0 Å². The lowest BCUT2D eigenvalue weighted by Crippen LogP contribution is -2.23. The predicted molar refractivity (Wildman–Crippen MR) is 44.2 cm³/mol. The Morgan fingerprint density at radius 3 is 2.40 bits per heavy atom. The van der Waals surface area contributed by atoms with Gasteiger partial charge in [-0.2, -0.15) is 11.8 Å². The zero-order chi connectivity index (χ0) is 8.20. The maximum Gasteiger partial charge on any atom is 0.302 e. The Labute approximate surface area is 66.3 Å². The Bertz CT molecular complexity index is 121. The average molecular weight is 162 g/mol. The molecule has 0 fully saturated rings. The predicted octanol–water partition coefficient (Wildman–Crippen LogP) is 1.69. The Hall–Kier alpha value is -0.180. The SMILES string of the molecule is CSC(C)(C)COC(C)=O. The second kappa shape index (κ2) is 3.86. The quantitative estimate of drug-likeness (QED) is 0.591. The molecule has 0 aromatic rings. The molecule has 0 radical (unpaired) electrons. The van der Waals surface area contributed by atoms with Crippen molar-refractivity contribution in [3.63, 3.8) is 0 Å². The van der Waals surface area contributed by atoms with Crippen molar-refractivity contribution in [3.05, 3.63) is 0 Å². The first kappa shape index (κ1) is 9.82. The molecule has 60 valence electrons. The number of esters is 1. The van der Waals surface area contributed by atoms with E-state index >= 15 is 0 Å². The molecule has 10 heavy (non-hydrogen) atoms. The molecule has 3 heteroatoms. The molecule has 0 rings (SSSR count). The van der Waals surface area contributed by atoms with E-state index in [-0.39, 0.29) is 10.7 Å². The number of thioether (sulfide) groups is 1. The van der Waals surface area contributed by atoms with Gasteiger partial charge in [0.2, 0.25) is 0 Å². The van der Waals surface area contributed by atoms with Crippen LogP contribution < -0.4 is 0 Å². The van der Waals surface area contributed by atoms with Crippen molar-refractivity contribution in [1.29, 1.82) is 0 Å². The highest BCUT2D eigenvalue weighted by Crippen LogP contribution is 2.20. The standard InChI is InChI=1S/C7H14O2S/c1-6(8)9-5-7(2,3)10-4/h5H2,1-4H3. The molecular formula is C7H14O2S. The van der Waals surface area contributed by atoms with Gasteiger partial charge in [0.05, 0.1) is 0 Å². The Morgan fingerprint density at radius 2 is 2.10 bits per heavy atom. The number of rotatable bonds is 3. The minimum absolute atomic E-state index is 0.0473. The van der Waals surface area contributed by atoms with E-state index in [9.17, 15) is 4.79 Å². The third-order valence-corrected chi connectivity index (χ3v) is 2.40. The Kier molecular flexibility index (Phi) is 3.79. The van der Waals surface area contributed by atoms with Crippen molar-refractivity contribution in [2.24, 2.45) is 0 Å². The second-order valence-corrected chi connectivity index (χ2v) is 4.26. The molecule has 0 N–H and O–H groups in total. The summed E-state index contributed by atoms with van der Waals surface area (Å²) in [4.78, 5) is 10.4. The van der Waals surface area contributed by atoms with Gasteiger partial charge in [0.25, 0.3) is 0 Å². The fourth-order valence-corrected chi connectivity index (χ4v) is 0.511. The summed E-state index contributed by atoms with van der Waals surface area (Å²) < 4.78 is 4.89. The summed E-state index contributed by atoms with van der Waals surface area (Å²) in [5.74, 6) is -0.206. The molecule has 0 aliphatic carbocycles. The van der Waals surface area contributed by atoms with Crippen molar-refractivity contribution in [3.8, 4) is 0 Å². The highest BCUT2D eigenvalue weighted by atomic mass is 32.2. The summed E-state index contributed by atoms with van der Waals surface area (Å²) in [6, 6.07) is 0. The van der Waals surface area contributed by atoms with Crippen LogP contribution in [0.5, 0.6) is 0 Å². The number of ether oxygens (including phenoxy) is 1. The minimum Gasteiger partial charge on any atom is -0.464 e. The first-order valence-electron chi connectivity index (χ1n) is 3.16. The number of hydrogen-bond donors (Lipinski definition) is 0. The molecule has 0 aliphatic heterocycles. The molecular weight excluding hydrogens is 148 g/mol. The lowest BCUT2D eigenvalue weighted by atomic mass is 10.2. The van der Waals surface area contributed by atoms with E-state index in [4.69, 9.17) is 4.74 Å². The summed E-state index contributed by atoms with van der Waals surface area (Å²) in [7, 11) is 0. The normalized spacial score (nSPS) is 11.2. The molecule has 0 atom stereocenters. The van der Waals surface area contributed by atoms with Crippen LogP contribution in [-0.4, -0.2) is 23.6 Å². The summed E-state index contributed by atoms with van der Waals surface area (Å²) >= 11 is 1.69. The van der Waals surface area contributed by atoms with Crippen molar-refractivity contribution in [2.45, 2.75) is 25.5 Å². The van der Waals surface area contributed by atoms with Gasteiger partial charge < -0.3 is 4.74 Å². The Balaban J connectivity index is 3.56. The zero-order valence-electron chi connectivity index (χ0n) is 6.93. The van der Waals surface area contributed by atoms with Crippen LogP contribution in [0, 0.1) is 0 Å². The maximum absolute atomic E-state index is 10.4. The molecule has 2 nitrogen and oxygen atoms in total. The lowest BCUT2D eigenvalue weighted by molar-refractivity contribution is -0.141. The number of carbonyl (C=O) groups is 1. The van der Waals surface area contributed by atoms with E-state index in [1.165, 1.54) is 6.92 Å². The molecule has 0 aromatic carbocycles. The minimum atomic E-state index is -0.206. The van der Waals surface area contributed by atoms with Gasteiger partial charge in [-0.15, -0.1) is 0 Å². The van der Waals surface area contributed by atoms with Gasteiger partial charge in [-0.3, -0.25) is 4.79 Å². The fourth-order valence-electron chi connectivity index (χ4n) is 0.334. The van der Waals surface area contributed by atoms with Crippen LogP contribution in [0.4, 0.5) is 0 Å². The smallest absolute Gasteiger partial charge is 0.302 e. The third kappa shape index (κ3) is 4.68. The summed E-state index contributed by atoms with van der Waals surface area (Å²) in [5, 5.41) is 0. The van der Waals surface area contributed by atoms with Gasteiger partial charge in [0.1, 0.15) is 6.61 Å². The molecule has 0 amide bonds. The average Bonchev–Trinajstić information content (AvgIpc) is 1.85. The van der Waals surface area contributed by atoms with Gasteiger partial charge in [-0.05, 0) is 20.1 Å². The van der Waals surface area contributed by atoms with Gasteiger partial charge in [0.15, 0.2) is 0 Å². The van der Waals surface area contributed by atoms with Crippen LogP contribution >= 0.6 is 11.8 Å². The summed E-state index contributed by atoms with van der Waals surface area (Å²) in [6.07, 6.45) is 2.00. The van der Waals surface area contributed by atoms with Crippen LogP contribution in [0.3, 0.4) is 0 Å². The molecule has 0 saturated carbocycles. The van der Waals surface area contributed by atoms with E-state index < -0.39 is 0 Å². The zero-order valence-corrected chi connectivity index (χ0v) is 7.75. The molecule has 0 aromatic heterocycles. The van der Waals surface area contributed by atoms with E-state index in [1.807, 2.05) is 20.1 Å².